The molecule has 6 nitrogen and oxygen atoms in total. The van der Waals surface area contributed by atoms with Crippen molar-refractivity contribution in [2.45, 2.75) is 26.2 Å². The van der Waals surface area contributed by atoms with Gasteiger partial charge in [0.25, 0.3) is 5.91 Å². The predicted molar refractivity (Wildman–Crippen MR) is 99.8 cm³/mol. The number of nitrogens with one attached hydrogen (secondary N) is 3. The molecule has 130 valence electrons. The van der Waals surface area contributed by atoms with Crippen LogP contribution in [0.15, 0.2) is 42.9 Å². The monoisotopic (exact) mass is 337 g/mol. The lowest BCUT2D eigenvalue weighted by Crippen LogP contribution is -2.26. The highest BCUT2D eigenvalue weighted by atomic mass is 16.1. The number of fused-ring (bicyclic) bond motifs is 1. The highest BCUT2D eigenvalue weighted by Crippen LogP contribution is 2.17. The molecule has 2 heterocycles. The lowest BCUT2D eigenvalue weighted by Gasteiger charge is -2.06. The molecule has 3 rings (SSSR count). The van der Waals surface area contributed by atoms with E-state index >= 15 is 0 Å². The van der Waals surface area contributed by atoms with Gasteiger partial charge >= 0.3 is 0 Å². The fourth-order valence-corrected chi connectivity index (χ4v) is 2.67. The number of anilines is 1. The van der Waals surface area contributed by atoms with Gasteiger partial charge in [-0.1, -0.05) is 31.5 Å². The van der Waals surface area contributed by atoms with E-state index in [-0.39, 0.29) is 5.91 Å². The third-order valence-electron chi connectivity index (χ3n) is 4.08. The van der Waals surface area contributed by atoms with E-state index in [1.54, 1.807) is 6.20 Å². The number of carbonyl (C=O) groups is 1. The Morgan fingerprint density at radius 1 is 1.16 bits per heavy atom. The molecule has 0 radical (unpaired) electrons. The lowest BCUT2D eigenvalue weighted by molar-refractivity contribution is 0.0949. The number of benzene rings is 1. The smallest absolute Gasteiger partial charge is 0.271 e. The Bertz CT molecular complexity index is 825. The maximum Gasteiger partial charge on any atom is 0.271 e. The topological polar surface area (TPSA) is 82.7 Å². The zero-order chi connectivity index (χ0) is 17.5. The molecule has 25 heavy (non-hydrogen) atoms. The van der Waals surface area contributed by atoms with Crippen LogP contribution < -0.4 is 10.6 Å². The number of unbranched alkanes of at least 4 members (excludes halogenated alkanes) is 1. The normalized spacial score (nSPS) is 10.8. The number of rotatable bonds is 8. The van der Waals surface area contributed by atoms with Gasteiger partial charge in [-0.15, -0.1) is 0 Å². The third-order valence-corrected chi connectivity index (χ3v) is 4.08. The van der Waals surface area contributed by atoms with E-state index in [0.29, 0.717) is 18.1 Å². The van der Waals surface area contributed by atoms with Crippen molar-refractivity contribution in [2.24, 2.45) is 0 Å². The molecule has 0 fully saturated rings. The molecule has 0 atom stereocenters. The van der Waals surface area contributed by atoms with Gasteiger partial charge in [0, 0.05) is 30.2 Å². The van der Waals surface area contributed by atoms with Crippen LogP contribution >= 0.6 is 0 Å². The van der Waals surface area contributed by atoms with Crippen LogP contribution in [0.3, 0.4) is 0 Å². The molecule has 3 N–H and O–H groups in total. The molecule has 1 amide bonds. The van der Waals surface area contributed by atoms with E-state index < -0.39 is 0 Å². The maximum absolute atomic E-state index is 12.2. The largest absolute Gasteiger partial charge is 0.369 e. The number of carbonyl (C=O) groups excluding carboxylic acids is 1. The number of nitrogens with zero attached hydrogens (tertiary/aromatic N) is 2. The van der Waals surface area contributed by atoms with Gasteiger partial charge in [0.2, 0.25) is 0 Å². The van der Waals surface area contributed by atoms with Gasteiger partial charge in [0.1, 0.15) is 11.5 Å². The van der Waals surface area contributed by atoms with Crippen molar-refractivity contribution < 1.29 is 4.79 Å². The van der Waals surface area contributed by atoms with Crippen LogP contribution in [0.25, 0.3) is 10.9 Å². The van der Waals surface area contributed by atoms with Gasteiger partial charge in [-0.2, -0.15) is 0 Å². The maximum atomic E-state index is 12.2. The molecule has 3 aromatic rings. The van der Waals surface area contributed by atoms with E-state index in [9.17, 15) is 4.79 Å². The predicted octanol–water partition coefficient (Wildman–Crippen LogP) is 3.14. The van der Waals surface area contributed by atoms with Gasteiger partial charge in [-0.25, -0.2) is 9.97 Å². The van der Waals surface area contributed by atoms with Crippen molar-refractivity contribution in [2.75, 3.05) is 18.4 Å². The number of H-pyrrole nitrogens is 1. The Balaban J connectivity index is 1.50. The molecular formula is C19H23N5O. The van der Waals surface area contributed by atoms with Crippen LogP contribution in [-0.4, -0.2) is 33.9 Å². The standard InChI is InChI=1S/C19H23N5O/c1-2-3-9-20-18-13-23-17(12-24-18)19(25)21-10-8-14-11-22-16-7-5-4-6-15(14)16/h4-7,11-13,22H,2-3,8-10H2,1H3,(H,20,24)(H,21,25). The zero-order valence-corrected chi connectivity index (χ0v) is 14.4. The first-order valence-electron chi connectivity index (χ1n) is 8.67. The first-order valence-corrected chi connectivity index (χ1v) is 8.67. The highest BCUT2D eigenvalue weighted by Gasteiger charge is 2.08. The summed E-state index contributed by atoms with van der Waals surface area (Å²) in [6.45, 7) is 3.55. The minimum absolute atomic E-state index is 0.201. The fourth-order valence-electron chi connectivity index (χ4n) is 2.67. The van der Waals surface area contributed by atoms with Crippen molar-refractivity contribution in [1.82, 2.24) is 20.3 Å². The molecule has 6 heteroatoms. The summed E-state index contributed by atoms with van der Waals surface area (Å²) in [6, 6.07) is 8.15. The Kier molecular flexibility index (Phi) is 5.61. The number of para-hydroxylation sites is 1. The van der Waals surface area contributed by atoms with Crippen molar-refractivity contribution in [3.63, 3.8) is 0 Å². The molecule has 2 aromatic heterocycles. The molecule has 0 saturated heterocycles. The molecule has 0 aliphatic carbocycles. The molecule has 0 unspecified atom stereocenters. The summed E-state index contributed by atoms with van der Waals surface area (Å²) in [5, 5.41) is 7.27. The van der Waals surface area contributed by atoms with Crippen molar-refractivity contribution >= 4 is 22.6 Å². The van der Waals surface area contributed by atoms with Crippen LogP contribution in [0.4, 0.5) is 5.82 Å². The second-order valence-corrected chi connectivity index (χ2v) is 5.93. The quantitative estimate of drug-likeness (QED) is 0.552. The van der Waals surface area contributed by atoms with Crippen LogP contribution in [0.1, 0.15) is 35.8 Å². The van der Waals surface area contributed by atoms with Crippen LogP contribution in [0.5, 0.6) is 0 Å². The average Bonchev–Trinajstić information content (AvgIpc) is 3.06. The number of aromatic nitrogens is 3. The summed E-state index contributed by atoms with van der Waals surface area (Å²) in [7, 11) is 0. The summed E-state index contributed by atoms with van der Waals surface area (Å²) in [4.78, 5) is 23.8. The molecular weight excluding hydrogens is 314 g/mol. The Hall–Kier alpha value is -2.89. The first kappa shape index (κ1) is 17.0. The molecule has 0 bridgehead atoms. The third kappa shape index (κ3) is 4.35. The molecule has 0 saturated carbocycles. The van der Waals surface area contributed by atoms with Gasteiger partial charge in [0.15, 0.2) is 0 Å². The lowest BCUT2D eigenvalue weighted by atomic mass is 10.1. The molecule has 0 spiro atoms. The van der Waals surface area contributed by atoms with E-state index in [1.807, 2.05) is 24.4 Å². The van der Waals surface area contributed by atoms with Crippen molar-refractivity contribution in [3.8, 4) is 0 Å². The van der Waals surface area contributed by atoms with Crippen molar-refractivity contribution in [3.05, 3.63) is 54.1 Å². The second kappa shape index (κ2) is 8.28. The molecule has 0 aliphatic rings. The van der Waals surface area contributed by atoms with E-state index in [1.165, 1.54) is 17.1 Å². The van der Waals surface area contributed by atoms with Gasteiger partial charge in [-0.05, 0) is 24.5 Å². The highest BCUT2D eigenvalue weighted by molar-refractivity contribution is 5.92. The summed E-state index contributed by atoms with van der Waals surface area (Å²) in [6.07, 6.45) is 8.07. The number of hydrogen-bond acceptors (Lipinski definition) is 4. The SMILES string of the molecule is CCCCNc1cnc(C(=O)NCCc2c[nH]c3ccccc23)cn1. The zero-order valence-electron chi connectivity index (χ0n) is 14.4. The summed E-state index contributed by atoms with van der Waals surface area (Å²) in [5.41, 5.74) is 2.64. The summed E-state index contributed by atoms with van der Waals surface area (Å²) >= 11 is 0. The minimum Gasteiger partial charge on any atom is -0.369 e. The second-order valence-electron chi connectivity index (χ2n) is 5.93. The van der Waals surface area contributed by atoms with Gasteiger partial charge in [-0.3, -0.25) is 4.79 Å². The Labute approximate surface area is 147 Å². The summed E-state index contributed by atoms with van der Waals surface area (Å²) in [5.74, 6) is 0.497. The van der Waals surface area contributed by atoms with Gasteiger partial charge in [0.05, 0.1) is 12.4 Å². The average molecular weight is 337 g/mol. The minimum atomic E-state index is -0.201. The first-order chi connectivity index (χ1) is 12.3. The van der Waals surface area contributed by atoms with Crippen LogP contribution in [0, 0.1) is 0 Å². The summed E-state index contributed by atoms with van der Waals surface area (Å²) < 4.78 is 0. The van der Waals surface area contributed by atoms with E-state index in [2.05, 4.69) is 38.6 Å². The fraction of sp³-hybridized carbons (Fsp3) is 0.316. The van der Waals surface area contributed by atoms with E-state index in [0.717, 1.165) is 31.3 Å². The molecule has 0 aliphatic heterocycles. The van der Waals surface area contributed by atoms with Gasteiger partial charge < -0.3 is 15.6 Å². The number of hydrogen-bond donors (Lipinski definition) is 3. The van der Waals surface area contributed by atoms with Crippen LogP contribution in [0.2, 0.25) is 0 Å². The van der Waals surface area contributed by atoms with Crippen LogP contribution in [-0.2, 0) is 6.42 Å². The number of aromatic amines is 1. The Morgan fingerprint density at radius 3 is 2.84 bits per heavy atom. The number of amides is 1. The van der Waals surface area contributed by atoms with E-state index in [4.69, 9.17) is 0 Å². The van der Waals surface area contributed by atoms with Crippen molar-refractivity contribution in [1.29, 1.82) is 0 Å². The Morgan fingerprint density at radius 2 is 2.04 bits per heavy atom. The molecule has 1 aromatic carbocycles.